The van der Waals surface area contributed by atoms with Crippen molar-refractivity contribution >= 4 is 27.0 Å². The number of hydrogen-bond acceptors (Lipinski definition) is 3. The Morgan fingerprint density at radius 3 is 2.35 bits per heavy atom. The first-order valence-electron chi connectivity index (χ1n) is 11.9. The molecule has 3 aromatic rings. The van der Waals surface area contributed by atoms with E-state index in [2.05, 4.69) is 54.7 Å². The maximum Gasteiger partial charge on any atom is 0.158 e. The molecule has 0 atom stereocenters. The van der Waals surface area contributed by atoms with E-state index < -0.39 is 0 Å². The Kier molecular flexibility index (Phi) is 6.77. The van der Waals surface area contributed by atoms with Gasteiger partial charge in [0.2, 0.25) is 0 Å². The third kappa shape index (κ3) is 4.17. The highest BCUT2D eigenvalue weighted by atomic mass is 79.9. The number of halogens is 1. The molecule has 1 saturated carbocycles. The maximum absolute atomic E-state index is 5.34. The van der Waals surface area contributed by atoms with Gasteiger partial charge in [0, 0.05) is 51.4 Å². The lowest BCUT2D eigenvalue weighted by molar-refractivity contribution is -0.936. The fourth-order valence-electron chi connectivity index (χ4n) is 5.29. The molecule has 0 aromatic carbocycles. The Morgan fingerprint density at radius 1 is 1.03 bits per heavy atom. The second kappa shape index (κ2) is 9.37. The van der Waals surface area contributed by atoms with Gasteiger partial charge >= 0.3 is 0 Å². The molecule has 0 radical (unpaired) electrons. The lowest BCUT2D eigenvalue weighted by Crippen LogP contribution is -2.47. The highest BCUT2D eigenvalue weighted by Crippen LogP contribution is 2.42. The number of pyridine rings is 2. The summed E-state index contributed by atoms with van der Waals surface area (Å²) < 4.78 is 4.13. The minimum atomic E-state index is 0.547. The van der Waals surface area contributed by atoms with Gasteiger partial charge in [0.1, 0.15) is 6.54 Å². The molecule has 0 saturated heterocycles. The van der Waals surface area contributed by atoms with Crippen molar-refractivity contribution in [1.29, 1.82) is 0 Å². The molecule has 1 aliphatic carbocycles. The number of quaternary nitrogens is 1. The van der Waals surface area contributed by atoms with Crippen molar-refractivity contribution in [2.24, 2.45) is 0 Å². The summed E-state index contributed by atoms with van der Waals surface area (Å²) in [7, 11) is 0. The quantitative estimate of drug-likeness (QED) is 0.351. The summed E-state index contributed by atoms with van der Waals surface area (Å²) in [4.78, 5) is 9.86. The zero-order valence-electron chi connectivity index (χ0n) is 19.4. The van der Waals surface area contributed by atoms with E-state index in [0.717, 1.165) is 58.3 Å². The molecule has 4 rings (SSSR count). The third-order valence-corrected chi connectivity index (χ3v) is 7.89. The van der Waals surface area contributed by atoms with Gasteiger partial charge in [0.25, 0.3) is 0 Å². The minimum absolute atomic E-state index is 0.547. The Morgan fingerprint density at radius 2 is 1.74 bits per heavy atom. The van der Waals surface area contributed by atoms with Gasteiger partial charge in [0.05, 0.1) is 31.5 Å². The number of nitrogens with zero attached hydrogens (tertiary/aromatic N) is 5. The zero-order chi connectivity index (χ0) is 22.0. The molecule has 0 unspecified atom stereocenters. The summed E-state index contributed by atoms with van der Waals surface area (Å²) in [5.41, 5.74) is 6.20. The molecule has 3 aromatic heterocycles. The van der Waals surface area contributed by atoms with E-state index in [0.29, 0.717) is 5.92 Å². The molecule has 0 spiro atoms. The third-order valence-electron chi connectivity index (χ3n) is 7.46. The number of hydrogen-bond donors (Lipinski definition) is 0. The van der Waals surface area contributed by atoms with Crippen LogP contribution in [0.25, 0.3) is 22.2 Å². The number of aromatic nitrogens is 4. The highest BCUT2D eigenvalue weighted by Gasteiger charge is 2.32. The molecule has 0 amide bonds. The smallest absolute Gasteiger partial charge is 0.158 e. The molecule has 1 aliphatic rings. The van der Waals surface area contributed by atoms with Crippen molar-refractivity contribution in [2.45, 2.75) is 72.4 Å². The summed E-state index contributed by atoms with van der Waals surface area (Å²) in [5.74, 6) is 0.547. The monoisotopic (exact) mass is 484 g/mol. The minimum Gasteiger partial charge on any atom is -0.320 e. The molecule has 0 aliphatic heterocycles. The number of rotatable bonds is 8. The molecule has 6 heteroatoms. The standard InChI is InChI=1S/C25H35BrN5/c1-5-30-25-21(16-28-30)23(19-13-20(26)15-27-14-19)22(17-31(6-2,7-3)8-4)24(29-25)18-11-9-10-12-18/h13-16,18H,5-12,17H2,1-4H3/q+1. The van der Waals surface area contributed by atoms with Crippen molar-refractivity contribution < 1.29 is 4.48 Å². The van der Waals surface area contributed by atoms with E-state index in [9.17, 15) is 0 Å². The van der Waals surface area contributed by atoms with Gasteiger partial charge in [-0.1, -0.05) is 12.8 Å². The zero-order valence-corrected chi connectivity index (χ0v) is 21.0. The fraction of sp³-hybridized carbons (Fsp3) is 0.560. The molecule has 0 N–H and O–H groups in total. The Labute approximate surface area is 194 Å². The first-order chi connectivity index (χ1) is 15.1. The summed E-state index contributed by atoms with van der Waals surface area (Å²) in [6, 6.07) is 2.20. The van der Waals surface area contributed by atoms with Crippen LogP contribution in [0.1, 0.15) is 70.6 Å². The van der Waals surface area contributed by atoms with Gasteiger partial charge in [-0.3, -0.25) is 4.98 Å². The molecule has 0 bridgehead atoms. The van der Waals surface area contributed by atoms with E-state index in [-0.39, 0.29) is 0 Å². The predicted molar refractivity (Wildman–Crippen MR) is 131 cm³/mol. The SMILES string of the molecule is CCn1ncc2c(-c3cncc(Br)c3)c(C[N+](CC)(CC)CC)c(C3CCCC3)nc21. The summed E-state index contributed by atoms with van der Waals surface area (Å²) >= 11 is 3.65. The van der Waals surface area contributed by atoms with Crippen LogP contribution in [-0.2, 0) is 13.1 Å². The van der Waals surface area contributed by atoms with Gasteiger partial charge in [-0.05, 0) is 62.5 Å². The number of aryl methyl sites for hydroxylation is 1. The molecule has 166 valence electrons. The lowest BCUT2D eigenvalue weighted by Gasteiger charge is -2.37. The average molecular weight is 485 g/mol. The molecule has 3 heterocycles. The molecule has 1 fully saturated rings. The van der Waals surface area contributed by atoms with Crippen LogP contribution in [0, 0.1) is 0 Å². The van der Waals surface area contributed by atoms with E-state index in [1.165, 1.54) is 42.5 Å². The van der Waals surface area contributed by atoms with E-state index in [1.54, 1.807) is 0 Å². The molecular weight excluding hydrogens is 450 g/mol. The van der Waals surface area contributed by atoms with E-state index >= 15 is 0 Å². The number of fused-ring (bicyclic) bond motifs is 1. The van der Waals surface area contributed by atoms with Crippen molar-refractivity contribution in [1.82, 2.24) is 19.7 Å². The lowest BCUT2D eigenvalue weighted by atomic mass is 9.90. The molecule has 31 heavy (non-hydrogen) atoms. The van der Waals surface area contributed by atoms with Crippen LogP contribution in [0.2, 0.25) is 0 Å². The van der Waals surface area contributed by atoms with Crippen LogP contribution in [0.15, 0.2) is 29.1 Å². The van der Waals surface area contributed by atoms with Crippen LogP contribution in [0.4, 0.5) is 0 Å². The predicted octanol–water partition coefficient (Wildman–Crippen LogP) is 6.31. The van der Waals surface area contributed by atoms with Crippen LogP contribution in [0.3, 0.4) is 0 Å². The Hall–Kier alpha value is -1.79. The summed E-state index contributed by atoms with van der Waals surface area (Å²) in [6.07, 6.45) is 11.0. The topological polar surface area (TPSA) is 43.6 Å². The second-order valence-corrected chi connectivity index (χ2v) is 9.79. The first-order valence-corrected chi connectivity index (χ1v) is 12.7. The van der Waals surface area contributed by atoms with Crippen molar-refractivity contribution in [3.8, 4) is 11.1 Å². The summed E-state index contributed by atoms with van der Waals surface area (Å²) in [5, 5.41) is 5.86. The van der Waals surface area contributed by atoms with Crippen LogP contribution < -0.4 is 0 Å². The van der Waals surface area contributed by atoms with Crippen LogP contribution in [-0.4, -0.2) is 43.9 Å². The van der Waals surface area contributed by atoms with Gasteiger partial charge in [-0.2, -0.15) is 5.10 Å². The average Bonchev–Trinajstić information content (AvgIpc) is 3.46. The maximum atomic E-state index is 5.34. The molecular formula is C25H35BrN5+. The highest BCUT2D eigenvalue weighted by molar-refractivity contribution is 9.10. The Balaban J connectivity index is 2.05. The van der Waals surface area contributed by atoms with Gasteiger partial charge < -0.3 is 4.48 Å². The molecule has 5 nitrogen and oxygen atoms in total. The van der Waals surface area contributed by atoms with Crippen molar-refractivity contribution in [2.75, 3.05) is 19.6 Å². The largest absolute Gasteiger partial charge is 0.320 e. The van der Waals surface area contributed by atoms with Crippen LogP contribution in [0.5, 0.6) is 0 Å². The Bertz CT molecular complexity index is 1040. The van der Waals surface area contributed by atoms with E-state index in [1.807, 2.05) is 23.3 Å². The fourth-order valence-corrected chi connectivity index (χ4v) is 5.66. The summed E-state index contributed by atoms with van der Waals surface area (Å²) in [6.45, 7) is 14.3. The first kappa shape index (κ1) is 22.4. The normalized spacial score (nSPS) is 15.3. The van der Waals surface area contributed by atoms with Crippen molar-refractivity contribution in [3.63, 3.8) is 0 Å². The van der Waals surface area contributed by atoms with Crippen molar-refractivity contribution in [3.05, 3.63) is 40.4 Å². The van der Waals surface area contributed by atoms with Gasteiger partial charge in [-0.15, -0.1) is 0 Å². The van der Waals surface area contributed by atoms with Gasteiger partial charge in [-0.25, -0.2) is 9.67 Å². The second-order valence-electron chi connectivity index (χ2n) is 8.87. The van der Waals surface area contributed by atoms with Gasteiger partial charge in [0.15, 0.2) is 5.65 Å². The van der Waals surface area contributed by atoms with E-state index in [4.69, 9.17) is 10.1 Å². The van der Waals surface area contributed by atoms with Crippen LogP contribution >= 0.6 is 15.9 Å².